The van der Waals surface area contributed by atoms with Gasteiger partial charge in [0.05, 0.1) is 0 Å². The van der Waals surface area contributed by atoms with Gasteiger partial charge in [0.25, 0.3) is 5.91 Å². The summed E-state index contributed by atoms with van der Waals surface area (Å²) >= 11 is 6.10. The Kier molecular flexibility index (Phi) is 10.4. The number of benzene rings is 3. The lowest BCUT2D eigenvalue weighted by molar-refractivity contribution is -0.143. The van der Waals surface area contributed by atoms with E-state index in [2.05, 4.69) is 26.1 Å². The molecule has 2 amide bonds. The van der Waals surface area contributed by atoms with Crippen LogP contribution in [0.25, 0.3) is 0 Å². The van der Waals surface area contributed by atoms with Crippen molar-refractivity contribution in [1.82, 2.24) is 10.2 Å². The van der Waals surface area contributed by atoms with Crippen LogP contribution in [0.2, 0.25) is 5.02 Å². The van der Waals surface area contributed by atoms with E-state index in [1.807, 2.05) is 80.6 Å². The minimum atomic E-state index is -0.707. The third-order valence-electron chi connectivity index (χ3n) is 6.62. The Bertz CT molecular complexity index is 1170. The molecule has 1 N–H and O–H groups in total. The fraction of sp³-hybridized carbons (Fsp3) is 0.375. The molecule has 3 rings (SSSR count). The van der Waals surface area contributed by atoms with Crippen LogP contribution in [0.1, 0.15) is 57.7 Å². The van der Waals surface area contributed by atoms with Gasteiger partial charge in [0, 0.05) is 24.0 Å². The second-order valence-corrected chi connectivity index (χ2v) is 11.2. The van der Waals surface area contributed by atoms with Gasteiger partial charge in [0.2, 0.25) is 5.91 Å². The van der Waals surface area contributed by atoms with Gasteiger partial charge in [-0.1, -0.05) is 93.9 Å². The van der Waals surface area contributed by atoms with Crippen LogP contribution in [-0.2, 0) is 28.0 Å². The van der Waals surface area contributed by atoms with Crippen molar-refractivity contribution in [2.45, 2.75) is 71.5 Å². The van der Waals surface area contributed by atoms with E-state index in [0.29, 0.717) is 17.2 Å². The fourth-order valence-corrected chi connectivity index (χ4v) is 4.19. The molecule has 0 bridgehead atoms. The first-order valence-electron chi connectivity index (χ1n) is 13.2. The first-order chi connectivity index (χ1) is 18.1. The molecule has 3 aromatic rings. The standard InChI is InChI=1S/C32H39ClN2O3/c1-6-23(2)34-31(37)29(20-24-10-8-7-9-11-24)35(21-25-12-16-27(33)17-13-25)30(36)22-38-28-18-14-26(15-19-28)32(3,4)5/h7-19,23,29H,6,20-22H2,1-5H3,(H,34,37)/t23-,29-/m0/s1. The van der Waals surface area contributed by atoms with Gasteiger partial charge in [-0.25, -0.2) is 0 Å². The Morgan fingerprint density at radius 2 is 1.55 bits per heavy atom. The lowest BCUT2D eigenvalue weighted by Crippen LogP contribution is -2.53. The van der Waals surface area contributed by atoms with Gasteiger partial charge in [0.1, 0.15) is 11.8 Å². The summed E-state index contributed by atoms with van der Waals surface area (Å²) in [6, 6.07) is 24.2. The van der Waals surface area contributed by atoms with Crippen molar-refractivity contribution in [3.05, 3.63) is 101 Å². The Hall–Kier alpha value is -3.31. The lowest BCUT2D eigenvalue weighted by atomic mass is 9.87. The third kappa shape index (κ3) is 8.63. The molecule has 5 nitrogen and oxygen atoms in total. The topological polar surface area (TPSA) is 58.6 Å². The average Bonchev–Trinajstić information content (AvgIpc) is 2.90. The van der Waals surface area contributed by atoms with Crippen LogP contribution in [0.5, 0.6) is 5.75 Å². The highest BCUT2D eigenvalue weighted by molar-refractivity contribution is 6.30. The number of hydrogen-bond donors (Lipinski definition) is 1. The highest BCUT2D eigenvalue weighted by Gasteiger charge is 2.31. The second-order valence-electron chi connectivity index (χ2n) is 10.7. The zero-order chi connectivity index (χ0) is 27.7. The molecule has 6 heteroatoms. The van der Waals surface area contributed by atoms with Gasteiger partial charge in [-0.2, -0.15) is 0 Å². The summed E-state index contributed by atoms with van der Waals surface area (Å²) in [7, 11) is 0. The fourth-order valence-electron chi connectivity index (χ4n) is 4.06. The molecular weight excluding hydrogens is 496 g/mol. The first-order valence-corrected chi connectivity index (χ1v) is 13.6. The molecule has 38 heavy (non-hydrogen) atoms. The lowest BCUT2D eigenvalue weighted by Gasteiger charge is -2.32. The van der Waals surface area contributed by atoms with E-state index in [1.54, 1.807) is 17.0 Å². The van der Waals surface area contributed by atoms with Crippen LogP contribution in [0.4, 0.5) is 0 Å². The largest absolute Gasteiger partial charge is 0.484 e. The summed E-state index contributed by atoms with van der Waals surface area (Å²) in [6.07, 6.45) is 1.19. The van der Waals surface area contributed by atoms with Gasteiger partial charge in [-0.3, -0.25) is 9.59 Å². The number of amides is 2. The molecule has 0 fully saturated rings. The number of ether oxygens (including phenoxy) is 1. The summed E-state index contributed by atoms with van der Waals surface area (Å²) in [6.45, 7) is 10.5. The predicted molar refractivity (Wildman–Crippen MR) is 154 cm³/mol. The van der Waals surface area contributed by atoms with E-state index < -0.39 is 6.04 Å². The maximum atomic E-state index is 13.7. The molecule has 0 unspecified atom stereocenters. The smallest absolute Gasteiger partial charge is 0.261 e. The SMILES string of the molecule is CC[C@H](C)NC(=O)[C@H](Cc1ccccc1)N(Cc1ccc(Cl)cc1)C(=O)COc1ccc(C(C)(C)C)cc1. The summed E-state index contributed by atoms with van der Waals surface area (Å²) in [5.41, 5.74) is 3.07. The molecule has 0 spiro atoms. The maximum absolute atomic E-state index is 13.7. The number of carbonyl (C=O) groups is 2. The van der Waals surface area contributed by atoms with Gasteiger partial charge >= 0.3 is 0 Å². The molecular formula is C32H39ClN2O3. The number of rotatable bonds is 11. The second kappa shape index (κ2) is 13.5. The van der Waals surface area contributed by atoms with Crippen LogP contribution in [0.3, 0.4) is 0 Å². The highest BCUT2D eigenvalue weighted by Crippen LogP contribution is 2.24. The normalized spacial score (nSPS) is 12.9. The predicted octanol–water partition coefficient (Wildman–Crippen LogP) is 6.57. The van der Waals surface area contributed by atoms with Crippen molar-refractivity contribution >= 4 is 23.4 Å². The maximum Gasteiger partial charge on any atom is 0.261 e. The van der Waals surface area contributed by atoms with Crippen molar-refractivity contribution in [3.63, 3.8) is 0 Å². The Morgan fingerprint density at radius 3 is 2.13 bits per heavy atom. The molecule has 0 heterocycles. The number of hydrogen-bond acceptors (Lipinski definition) is 3. The van der Waals surface area contributed by atoms with Gasteiger partial charge < -0.3 is 15.0 Å². The molecule has 202 valence electrons. The molecule has 3 aromatic carbocycles. The molecule has 0 saturated carbocycles. The minimum absolute atomic E-state index is 0.00848. The summed E-state index contributed by atoms with van der Waals surface area (Å²) in [4.78, 5) is 28.9. The monoisotopic (exact) mass is 534 g/mol. The average molecular weight is 535 g/mol. The molecule has 0 aromatic heterocycles. The minimum Gasteiger partial charge on any atom is -0.484 e. The van der Waals surface area contributed by atoms with Crippen molar-refractivity contribution < 1.29 is 14.3 Å². The molecule has 0 aliphatic rings. The number of nitrogens with one attached hydrogen (secondary N) is 1. The van der Waals surface area contributed by atoms with E-state index >= 15 is 0 Å². The van der Waals surface area contributed by atoms with Crippen molar-refractivity contribution in [1.29, 1.82) is 0 Å². The van der Waals surface area contributed by atoms with Gasteiger partial charge in [0.15, 0.2) is 6.61 Å². The van der Waals surface area contributed by atoms with E-state index in [1.165, 1.54) is 5.56 Å². The zero-order valence-corrected chi connectivity index (χ0v) is 23.8. The third-order valence-corrected chi connectivity index (χ3v) is 6.87. The molecule has 0 aliphatic carbocycles. The van der Waals surface area contributed by atoms with Crippen molar-refractivity contribution in [3.8, 4) is 5.75 Å². The number of halogens is 1. The first kappa shape index (κ1) is 29.2. The van der Waals surface area contributed by atoms with Crippen molar-refractivity contribution in [2.24, 2.45) is 0 Å². The van der Waals surface area contributed by atoms with Crippen LogP contribution < -0.4 is 10.1 Å². The van der Waals surface area contributed by atoms with Crippen molar-refractivity contribution in [2.75, 3.05) is 6.61 Å². The highest BCUT2D eigenvalue weighted by atomic mass is 35.5. The summed E-state index contributed by atoms with van der Waals surface area (Å²) in [5, 5.41) is 3.69. The molecule has 0 aliphatic heterocycles. The van der Waals surface area contributed by atoms with E-state index in [4.69, 9.17) is 16.3 Å². The summed E-state index contributed by atoms with van der Waals surface area (Å²) in [5.74, 6) is 0.168. The van der Waals surface area contributed by atoms with Crippen LogP contribution >= 0.6 is 11.6 Å². The Balaban J connectivity index is 1.88. The van der Waals surface area contributed by atoms with E-state index in [9.17, 15) is 9.59 Å². The van der Waals surface area contributed by atoms with Gasteiger partial charge in [-0.15, -0.1) is 0 Å². The van der Waals surface area contributed by atoms with E-state index in [0.717, 1.165) is 17.5 Å². The summed E-state index contributed by atoms with van der Waals surface area (Å²) < 4.78 is 5.91. The Morgan fingerprint density at radius 1 is 0.921 bits per heavy atom. The van der Waals surface area contributed by atoms with Crippen LogP contribution in [-0.4, -0.2) is 35.4 Å². The Labute approximate surface area is 232 Å². The molecule has 0 radical (unpaired) electrons. The number of nitrogens with zero attached hydrogens (tertiary/aromatic N) is 1. The van der Waals surface area contributed by atoms with Crippen LogP contribution in [0.15, 0.2) is 78.9 Å². The van der Waals surface area contributed by atoms with Gasteiger partial charge in [-0.05, 0) is 59.7 Å². The molecule has 0 saturated heterocycles. The number of carbonyl (C=O) groups excluding carboxylic acids is 2. The van der Waals surface area contributed by atoms with E-state index in [-0.39, 0.29) is 36.4 Å². The quantitative estimate of drug-likeness (QED) is 0.302. The zero-order valence-electron chi connectivity index (χ0n) is 23.0. The van der Waals surface area contributed by atoms with Crippen LogP contribution in [0, 0.1) is 0 Å². The molecule has 2 atom stereocenters.